The van der Waals surface area contributed by atoms with Gasteiger partial charge >= 0.3 is 5.97 Å². The number of hydrogen-bond donors (Lipinski definition) is 1. The second kappa shape index (κ2) is 7.00. The number of carbonyl (C=O) groups is 1. The molecule has 0 saturated carbocycles. The minimum atomic E-state index is -0.505. The number of aryl methyl sites for hydroxylation is 1. The number of fused-ring (bicyclic) bond motifs is 1. The smallest absolute Gasteiger partial charge is 0.354 e. The van der Waals surface area contributed by atoms with Gasteiger partial charge in [-0.05, 0) is 32.0 Å². The number of hydrogen-bond acceptors (Lipinski definition) is 6. The van der Waals surface area contributed by atoms with Gasteiger partial charge in [-0.1, -0.05) is 29.5 Å². The SMILES string of the molecule is CCOC(=O)C1=NNc2nc(Sc3ccc(C)cc3)c(F)cc2C1. The largest absolute Gasteiger partial charge is 0.461 e. The lowest BCUT2D eigenvalue weighted by molar-refractivity contribution is -0.135. The maximum Gasteiger partial charge on any atom is 0.354 e. The molecule has 1 aliphatic rings. The van der Waals surface area contributed by atoms with E-state index in [1.165, 1.54) is 17.8 Å². The van der Waals surface area contributed by atoms with Gasteiger partial charge in [-0.15, -0.1) is 0 Å². The maximum atomic E-state index is 14.4. The van der Waals surface area contributed by atoms with Crippen molar-refractivity contribution in [1.82, 2.24) is 4.98 Å². The summed E-state index contributed by atoms with van der Waals surface area (Å²) < 4.78 is 19.3. The van der Waals surface area contributed by atoms with Crippen molar-refractivity contribution in [2.45, 2.75) is 30.2 Å². The molecule has 5 nitrogen and oxygen atoms in total. The average Bonchev–Trinajstić information content (AvgIpc) is 2.57. The number of nitrogens with zero attached hydrogens (tertiary/aromatic N) is 2. The Morgan fingerprint density at radius 1 is 1.38 bits per heavy atom. The van der Waals surface area contributed by atoms with E-state index in [1.54, 1.807) is 6.92 Å². The molecule has 7 heteroatoms. The van der Waals surface area contributed by atoms with E-state index >= 15 is 0 Å². The standard InChI is InChI=1S/C17H16FN3O2S/c1-3-23-17(22)14-9-11-8-13(18)16(19-15(11)21-20-14)24-12-6-4-10(2)5-7-12/h4-8H,3,9H2,1-2H3,(H,19,21). The lowest BCUT2D eigenvalue weighted by Crippen LogP contribution is -2.25. The first-order valence-corrected chi connectivity index (χ1v) is 8.32. The quantitative estimate of drug-likeness (QED) is 0.858. The fourth-order valence-electron chi connectivity index (χ4n) is 2.20. The molecular weight excluding hydrogens is 329 g/mol. The van der Waals surface area contributed by atoms with E-state index in [0.29, 0.717) is 11.4 Å². The lowest BCUT2D eigenvalue weighted by atomic mass is 10.1. The van der Waals surface area contributed by atoms with Gasteiger partial charge in [0.2, 0.25) is 0 Å². The summed E-state index contributed by atoms with van der Waals surface area (Å²) in [6, 6.07) is 9.16. The summed E-state index contributed by atoms with van der Waals surface area (Å²) in [5, 5.41) is 4.24. The van der Waals surface area contributed by atoms with Crippen molar-refractivity contribution in [2.24, 2.45) is 5.10 Å². The van der Waals surface area contributed by atoms with Crippen LogP contribution in [0.4, 0.5) is 10.2 Å². The van der Waals surface area contributed by atoms with E-state index in [1.807, 2.05) is 31.2 Å². The zero-order valence-corrected chi connectivity index (χ0v) is 14.1. The van der Waals surface area contributed by atoms with Crippen LogP contribution >= 0.6 is 11.8 Å². The molecule has 0 radical (unpaired) electrons. The second-order valence-electron chi connectivity index (χ2n) is 5.27. The van der Waals surface area contributed by atoms with E-state index in [9.17, 15) is 9.18 Å². The zero-order valence-electron chi connectivity index (χ0n) is 13.3. The molecule has 3 rings (SSSR count). The van der Waals surface area contributed by atoms with Crippen molar-refractivity contribution in [1.29, 1.82) is 0 Å². The Kier molecular flexibility index (Phi) is 4.80. The first kappa shape index (κ1) is 16.4. The molecule has 1 N–H and O–H groups in total. The van der Waals surface area contributed by atoms with Gasteiger partial charge < -0.3 is 4.74 Å². The van der Waals surface area contributed by atoms with Crippen LogP contribution < -0.4 is 5.43 Å². The number of benzene rings is 1. The summed E-state index contributed by atoms with van der Waals surface area (Å²) in [6.07, 6.45) is 0.195. The summed E-state index contributed by atoms with van der Waals surface area (Å²) in [5.41, 5.74) is 4.64. The lowest BCUT2D eigenvalue weighted by Gasteiger charge is -2.16. The Morgan fingerprint density at radius 3 is 2.83 bits per heavy atom. The van der Waals surface area contributed by atoms with Crippen LogP contribution in [-0.2, 0) is 16.0 Å². The fraction of sp³-hybridized carbons (Fsp3) is 0.235. The van der Waals surface area contributed by atoms with E-state index in [0.717, 1.165) is 10.5 Å². The van der Waals surface area contributed by atoms with Crippen LogP contribution in [0.5, 0.6) is 0 Å². The van der Waals surface area contributed by atoms with Gasteiger partial charge in [-0.3, -0.25) is 5.43 Å². The number of rotatable bonds is 4. The highest BCUT2D eigenvalue weighted by molar-refractivity contribution is 7.99. The summed E-state index contributed by atoms with van der Waals surface area (Å²) in [4.78, 5) is 16.9. The van der Waals surface area contributed by atoms with Crippen molar-refractivity contribution in [3.05, 3.63) is 47.3 Å². The van der Waals surface area contributed by atoms with Crippen molar-refractivity contribution >= 4 is 29.3 Å². The molecule has 0 saturated heterocycles. The van der Waals surface area contributed by atoms with Crippen LogP contribution in [0.25, 0.3) is 0 Å². The number of carbonyl (C=O) groups excluding carboxylic acids is 1. The summed E-state index contributed by atoms with van der Waals surface area (Å²) in [5.74, 6) is -0.473. The molecule has 1 aliphatic heterocycles. The third-order valence-corrected chi connectivity index (χ3v) is 4.41. The van der Waals surface area contributed by atoms with Crippen LogP contribution in [0.15, 0.2) is 45.4 Å². The number of aromatic nitrogens is 1. The molecule has 0 spiro atoms. The normalized spacial score (nSPS) is 12.9. The zero-order chi connectivity index (χ0) is 17.1. The molecule has 0 amide bonds. The van der Waals surface area contributed by atoms with Gasteiger partial charge in [0.1, 0.15) is 10.7 Å². The Hall–Kier alpha value is -2.41. The number of nitrogens with one attached hydrogen (secondary N) is 1. The van der Waals surface area contributed by atoms with Crippen LogP contribution in [0.1, 0.15) is 18.1 Å². The molecule has 124 valence electrons. The number of anilines is 1. The molecule has 2 aromatic rings. The molecule has 24 heavy (non-hydrogen) atoms. The highest BCUT2D eigenvalue weighted by Crippen LogP contribution is 2.32. The minimum Gasteiger partial charge on any atom is -0.461 e. The molecule has 1 aromatic heterocycles. The van der Waals surface area contributed by atoms with Crippen molar-refractivity contribution in [3.8, 4) is 0 Å². The third-order valence-electron chi connectivity index (χ3n) is 3.42. The minimum absolute atomic E-state index is 0.195. The van der Waals surface area contributed by atoms with Gasteiger partial charge in [-0.25, -0.2) is 14.2 Å². The number of pyridine rings is 1. The molecule has 2 heterocycles. The second-order valence-corrected chi connectivity index (χ2v) is 6.33. The summed E-state index contributed by atoms with van der Waals surface area (Å²) in [6.45, 7) is 3.98. The topological polar surface area (TPSA) is 63.6 Å². The highest BCUT2D eigenvalue weighted by atomic mass is 32.2. The van der Waals surface area contributed by atoms with Gasteiger partial charge in [0.15, 0.2) is 11.6 Å². The number of ether oxygens (including phenoxy) is 1. The van der Waals surface area contributed by atoms with E-state index < -0.39 is 11.8 Å². The van der Waals surface area contributed by atoms with E-state index in [2.05, 4.69) is 15.5 Å². The fourth-order valence-corrected chi connectivity index (χ4v) is 2.99. The first-order valence-electron chi connectivity index (χ1n) is 7.50. The van der Waals surface area contributed by atoms with Crippen LogP contribution in [0.3, 0.4) is 0 Å². The summed E-state index contributed by atoms with van der Waals surface area (Å²) >= 11 is 1.24. The molecule has 0 aliphatic carbocycles. The van der Waals surface area contributed by atoms with Crippen molar-refractivity contribution < 1.29 is 13.9 Å². The molecule has 0 fully saturated rings. The predicted octanol–water partition coefficient (Wildman–Crippen LogP) is 3.57. The maximum absolute atomic E-state index is 14.4. The Labute approximate surface area is 143 Å². The Morgan fingerprint density at radius 2 is 2.12 bits per heavy atom. The highest BCUT2D eigenvalue weighted by Gasteiger charge is 2.22. The van der Waals surface area contributed by atoms with Crippen LogP contribution in [0.2, 0.25) is 0 Å². The van der Waals surface area contributed by atoms with Gasteiger partial charge in [0, 0.05) is 16.9 Å². The molecule has 0 bridgehead atoms. The summed E-state index contributed by atoms with van der Waals surface area (Å²) in [7, 11) is 0. The predicted molar refractivity (Wildman–Crippen MR) is 90.9 cm³/mol. The van der Waals surface area contributed by atoms with Gasteiger partial charge in [-0.2, -0.15) is 5.10 Å². The van der Waals surface area contributed by atoms with Gasteiger partial charge in [0.25, 0.3) is 0 Å². The monoisotopic (exact) mass is 345 g/mol. The molecule has 0 atom stereocenters. The van der Waals surface area contributed by atoms with Crippen molar-refractivity contribution in [3.63, 3.8) is 0 Å². The van der Waals surface area contributed by atoms with E-state index in [4.69, 9.17) is 4.74 Å². The van der Waals surface area contributed by atoms with Crippen molar-refractivity contribution in [2.75, 3.05) is 12.0 Å². The van der Waals surface area contributed by atoms with E-state index in [-0.39, 0.29) is 23.8 Å². The number of esters is 1. The number of halogens is 1. The third kappa shape index (κ3) is 3.56. The molecular formula is C17H16FN3O2S. The van der Waals surface area contributed by atoms with Gasteiger partial charge in [0.05, 0.1) is 6.61 Å². The average molecular weight is 345 g/mol. The first-order chi connectivity index (χ1) is 11.6. The Balaban J connectivity index is 1.81. The van der Waals surface area contributed by atoms with Crippen LogP contribution in [0, 0.1) is 12.7 Å². The Bertz CT molecular complexity index is 806. The van der Waals surface area contributed by atoms with Crippen LogP contribution in [-0.4, -0.2) is 23.3 Å². The molecule has 0 unspecified atom stereocenters. The number of hydrazone groups is 1. The molecule has 1 aromatic carbocycles.